The van der Waals surface area contributed by atoms with Crippen LogP contribution in [0.1, 0.15) is 27.9 Å². The maximum Gasteiger partial charge on any atom is 0.266 e. The molecule has 0 fully saturated rings. The van der Waals surface area contributed by atoms with Gasteiger partial charge >= 0.3 is 0 Å². The Morgan fingerprint density at radius 3 is 2.74 bits per heavy atom. The summed E-state index contributed by atoms with van der Waals surface area (Å²) in [6.07, 6.45) is 1.47. The number of imidazole rings is 1. The second kappa shape index (κ2) is 6.58. The van der Waals surface area contributed by atoms with Gasteiger partial charge in [-0.1, -0.05) is 6.07 Å². The van der Waals surface area contributed by atoms with Crippen LogP contribution < -0.4 is 15.2 Å². The summed E-state index contributed by atoms with van der Waals surface area (Å²) in [5.41, 5.74) is 6.58. The first-order chi connectivity index (χ1) is 13.0. The molecule has 2 aromatic rings. The summed E-state index contributed by atoms with van der Waals surface area (Å²) < 4.78 is 12.6. The fraction of sp³-hybridized carbons (Fsp3) is 0.389. The molecule has 1 atom stereocenters. The minimum Gasteiger partial charge on any atom is -0.454 e. The van der Waals surface area contributed by atoms with Gasteiger partial charge in [-0.05, 0) is 31.8 Å². The number of aromatic nitrogens is 2. The van der Waals surface area contributed by atoms with E-state index in [1.54, 1.807) is 9.47 Å². The van der Waals surface area contributed by atoms with Crippen LogP contribution in [0.5, 0.6) is 11.5 Å². The Hall–Kier alpha value is -3.07. The number of carbonyl (C=O) groups excluding carboxylic acids is 2. The standard InChI is InChI=1S/C18H21N5O4/c1-21(2)16(11-3-4-13-14(7-11)27-10-26-13)18(25)22-5-6-23-12(17(19)24)8-20-15(23)9-22/h3-4,7-8,16H,5-6,9-10H2,1-2H3,(H2,19,24). The van der Waals surface area contributed by atoms with E-state index in [1.165, 1.54) is 6.20 Å². The molecule has 0 saturated heterocycles. The van der Waals surface area contributed by atoms with Crippen molar-refractivity contribution < 1.29 is 19.1 Å². The number of nitrogens with two attached hydrogens (primary N) is 1. The number of likely N-dealkylation sites (N-methyl/N-ethyl adjacent to an activating group) is 1. The fourth-order valence-corrected chi connectivity index (χ4v) is 3.56. The Morgan fingerprint density at radius 2 is 2.00 bits per heavy atom. The second-order valence-corrected chi connectivity index (χ2v) is 6.81. The van der Waals surface area contributed by atoms with Crippen molar-refractivity contribution >= 4 is 11.8 Å². The van der Waals surface area contributed by atoms with E-state index in [9.17, 15) is 9.59 Å². The van der Waals surface area contributed by atoms with Crippen molar-refractivity contribution in [2.24, 2.45) is 5.73 Å². The molecule has 0 saturated carbocycles. The molecule has 2 amide bonds. The molecule has 0 aliphatic carbocycles. The van der Waals surface area contributed by atoms with E-state index in [1.807, 2.05) is 37.2 Å². The van der Waals surface area contributed by atoms with Gasteiger partial charge in [0.1, 0.15) is 17.6 Å². The van der Waals surface area contributed by atoms with Crippen LogP contribution in [0.3, 0.4) is 0 Å². The number of ether oxygens (including phenoxy) is 2. The zero-order chi connectivity index (χ0) is 19.1. The van der Waals surface area contributed by atoms with Gasteiger partial charge in [0.25, 0.3) is 5.91 Å². The normalized spacial score (nSPS) is 16.3. The lowest BCUT2D eigenvalue weighted by atomic mass is 10.0. The van der Waals surface area contributed by atoms with Crippen molar-refractivity contribution in [1.29, 1.82) is 0 Å². The first kappa shape index (κ1) is 17.3. The second-order valence-electron chi connectivity index (χ2n) is 6.81. The number of rotatable bonds is 4. The number of hydrogen-bond acceptors (Lipinski definition) is 6. The number of benzene rings is 1. The maximum absolute atomic E-state index is 13.3. The van der Waals surface area contributed by atoms with Crippen molar-refractivity contribution in [1.82, 2.24) is 19.4 Å². The van der Waals surface area contributed by atoms with Crippen LogP contribution in [0.25, 0.3) is 0 Å². The van der Waals surface area contributed by atoms with Crippen molar-refractivity contribution in [3.8, 4) is 11.5 Å². The van der Waals surface area contributed by atoms with Gasteiger partial charge in [0.2, 0.25) is 12.7 Å². The molecule has 9 heteroatoms. The number of fused-ring (bicyclic) bond motifs is 2. The monoisotopic (exact) mass is 371 g/mol. The summed E-state index contributed by atoms with van der Waals surface area (Å²) in [6.45, 7) is 1.50. The molecule has 2 aliphatic heterocycles. The molecular formula is C18H21N5O4. The van der Waals surface area contributed by atoms with Gasteiger partial charge in [-0.15, -0.1) is 0 Å². The van der Waals surface area contributed by atoms with Crippen LogP contribution in [-0.2, 0) is 17.9 Å². The van der Waals surface area contributed by atoms with Crippen molar-refractivity contribution in [3.05, 3.63) is 41.5 Å². The lowest BCUT2D eigenvalue weighted by molar-refractivity contribution is -0.138. The number of amides is 2. The minimum absolute atomic E-state index is 0.0336. The first-order valence-corrected chi connectivity index (χ1v) is 8.64. The molecule has 0 bridgehead atoms. The number of nitrogens with zero attached hydrogens (tertiary/aromatic N) is 4. The third-order valence-corrected chi connectivity index (χ3v) is 4.89. The molecule has 3 heterocycles. The molecule has 2 aliphatic rings. The summed E-state index contributed by atoms with van der Waals surface area (Å²) >= 11 is 0. The third-order valence-electron chi connectivity index (χ3n) is 4.89. The average Bonchev–Trinajstić information content (AvgIpc) is 3.27. The highest BCUT2D eigenvalue weighted by molar-refractivity contribution is 5.91. The van der Waals surface area contributed by atoms with Gasteiger partial charge in [0.05, 0.1) is 12.7 Å². The van der Waals surface area contributed by atoms with Crippen LogP contribution in [0.15, 0.2) is 24.4 Å². The molecule has 4 rings (SSSR count). The van der Waals surface area contributed by atoms with E-state index in [0.29, 0.717) is 42.7 Å². The van der Waals surface area contributed by atoms with Gasteiger partial charge in [-0.3, -0.25) is 14.5 Å². The molecule has 0 spiro atoms. The first-order valence-electron chi connectivity index (χ1n) is 8.64. The summed E-state index contributed by atoms with van der Waals surface area (Å²) in [5.74, 6) is 1.44. The molecule has 27 heavy (non-hydrogen) atoms. The maximum atomic E-state index is 13.3. The number of primary amides is 1. The smallest absolute Gasteiger partial charge is 0.266 e. The Kier molecular flexibility index (Phi) is 4.23. The van der Waals surface area contributed by atoms with Crippen LogP contribution in [0, 0.1) is 0 Å². The van der Waals surface area contributed by atoms with Crippen LogP contribution in [-0.4, -0.2) is 58.6 Å². The molecule has 2 N–H and O–H groups in total. The average molecular weight is 371 g/mol. The highest BCUT2D eigenvalue weighted by atomic mass is 16.7. The Morgan fingerprint density at radius 1 is 1.22 bits per heavy atom. The number of carbonyl (C=O) groups is 2. The number of hydrogen-bond donors (Lipinski definition) is 1. The van der Waals surface area contributed by atoms with Crippen LogP contribution >= 0.6 is 0 Å². The zero-order valence-electron chi connectivity index (χ0n) is 15.2. The fourth-order valence-electron chi connectivity index (χ4n) is 3.56. The molecule has 1 aromatic heterocycles. The molecule has 1 unspecified atom stereocenters. The van der Waals surface area contributed by atoms with Crippen LogP contribution in [0.4, 0.5) is 0 Å². The van der Waals surface area contributed by atoms with Crippen LogP contribution in [0.2, 0.25) is 0 Å². The van der Waals surface area contributed by atoms with Gasteiger partial charge in [-0.2, -0.15) is 0 Å². The van der Waals surface area contributed by atoms with Gasteiger partial charge < -0.3 is 24.7 Å². The van der Waals surface area contributed by atoms with E-state index in [-0.39, 0.29) is 12.7 Å². The Balaban J connectivity index is 1.59. The van der Waals surface area contributed by atoms with E-state index in [2.05, 4.69) is 4.98 Å². The third kappa shape index (κ3) is 2.99. The van der Waals surface area contributed by atoms with E-state index < -0.39 is 11.9 Å². The SMILES string of the molecule is CN(C)C(C(=O)N1CCn2c(C(N)=O)cnc2C1)c1ccc2c(c1)OCO2. The summed E-state index contributed by atoms with van der Waals surface area (Å²) in [4.78, 5) is 32.6. The topological polar surface area (TPSA) is 103 Å². The lowest BCUT2D eigenvalue weighted by Gasteiger charge is -2.33. The molecule has 1 aromatic carbocycles. The predicted molar refractivity (Wildman–Crippen MR) is 95.2 cm³/mol. The Labute approximate surface area is 156 Å². The van der Waals surface area contributed by atoms with Gasteiger partial charge in [0, 0.05) is 13.1 Å². The highest BCUT2D eigenvalue weighted by Gasteiger charge is 2.32. The molecule has 142 valence electrons. The lowest BCUT2D eigenvalue weighted by Crippen LogP contribution is -2.44. The minimum atomic E-state index is -0.514. The molecule has 9 nitrogen and oxygen atoms in total. The van der Waals surface area contributed by atoms with Gasteiger partial charge in [-0.25, -0.2) is 4.98 Å². The van der Waals surface area contributed by atoms with E-state index in [0.717, 1.165) is 5.56 Å². The summed E-state index contributed by atoms with van der Waals surface area (Å²) in [7, 11) is 3.73. The largest absolute Gasteiger partial charge is 0.454 e. The van der Waals surface area contributed by atoms with Crippen molar-refractivity contribution in [2.45, 2.75) is 19.1 Å². The van der Waals surface area contributed by atoms with Crippen molar-refractivity contribution in [3.63, 3.8) is 0 Å². The summed E-state index contributed by atoms with van der Waals surface area (Å²) in [5, 5.41) is 0. The summed E-state index contributed by atoms with van der Waals surface area (Å²) in [6, 6.07) is 5.09. The molecule has 0 radical (unpaired) electrons. The highest BCUT2D eigenvalue weighted by Crippen LogP contribution is 2.35. The van der Waals surface area contributed by atoms with E-state index in [4.69, 9.17) is 15.2 Å². The van der Waals surface area contributed by atoms with E-state index >= 15 is 0 Å². The molecular weight excluding hydrogens is 350 g/mol. The van der Waals surface area contributed by atoms with Gasteiger partial charge in [0.15, 0.2) is 11.5 Å². The predicted octanol–water partition coefficient (Wildman–Crippen LogP) is 0.356. The Bertz CT molecular complexity index is 907. The van der Waals surface area contributed by atoms with Crippen molar-refractivity contribution in [2.75, 3.05) is 27.4 Å². The zero-order valence-corrected chi connectivity index (χ0v) is 15.2. The quantitative estimate of drug-likeness (QED) is 0.832.